The Hall–Kier alpha value is -3.77. The van der Waals surface area contributed by atoms with Crippen molar-refractivity contribution in [2.24, 2.45) is 0 Å². The minimum atomic E-state index is -0.252. The fourth-order valence-electron chi connectivity index (χ4n) is 4.27. The van der Waals surface area contributed by atoms with Crippen molar-refractivity contribution >= 4 is 28.4 Å². The van der Waals surface area contributed by atoms with Crippen molar-refractivity contribution in [2.45, 2.75) is 39.3 Å². The predicted molar refractivity (Wildman–Crippen MR) is 141 cm³/mol. The third-order valence-corrected chi connectivity index (χ3v) is 6.60. The van der Waals surface area contributed by atoms with E-state index in [0.29, 0.717) is 39.7 Å². The number of hydrogen-bond acceptors (Lipinski definition) is 4. The molecule has 3 aromatic carbocycles. The summed E-state index contributed by atoms with van der Waals surface area (Å²) in [5.74, 6) is 1.08. The summed E-state index contributed by atoms with van der Waals surface area (Å²) in [5.41, 5.74) is 3.50. The fourth-order valence-corrected chi connectivity index (χ4v) is 4.40. The average molecular weight is 503 g/mol. The zero-order valence-electron chi connectivity index (χ0n) is 20.4. The first-order valence-electron chi connectivity index (χ1n) is 11.8. The van der Waals surface area contributed by atoms with Crippen LogP contribution in [0.15, 0.2) is 71.5 Å². The van der Waals surface area contributed by atoms with E-state index in [9.17, 15) is 9.59 Å². The number of hydrogen-bond donors (Lipinski definition) is 1. The highest BCUT2D eigenvalue weighted by Gasteiger charge is 2.21. The predicted octanol–water partition coefficient (Wildman–Crippen LogP) is 6.05. The van der Waals surface area contributed by atoms with Gasteiger partial charge in [-0.2, -0.15) is 0 Å². The zero-order chi connectivity index (χ0) is 25.4. The number of benzene rings is 3. The van der Waals surface area contributed by atoms with Crippen molar-refractivity contribution < 1.29 is 14.3 Å². The lowest BCUT2D eigenvalue weighted by molar-refractivity contribution is 0.0729. The molecule has 36 heavy (non-hydrogen) atoms. The lowest BCUT2D eigenvalue weighted by Gasteiger charge is -2.24. The van der Waals surface area contributed by atoms with Gasteiger partial charge in [-0.3, -0.25) is 9.59 Å². The number of ether oxygens (including phenoxy) is 2. The monoisotopic (exact) mass is 502 g/mol. The normalized spacial score (nSPS) is 12.7. The maximum Gasteiger partial charge on any atom is 0.254 e. The molecule has 0 bridgehead atoms. The number of pyridine rings is 1. The van der Waals surface area contributed by atoms with Gasteiger partial charge in [0.25, 0.3) is 11.5 Å². The first-order chi connectivity index (χ1) is 17.2. The molecule has 1 N–H and O–H groups in total. The number of rotatable bonds is 5. The van der Waals surface area contributed by atoms with Crippen molar-refractivity contribution in [3.8, 4) is 11.5 Å². The second kappa shape index (κ2) is 9.36. The van der Waals surface area contributed by atoms with Gasteiger partial charge >= 0.3 is 0 Å². The molecule has 184 valence electrons. The quantitative estimate of drug-likeness (QED) is 0.360. The molecule has 4 aromatic rings. The number of carbonyl (C=O) groups is 1. The lowest BCUT2D eigenvalue weighted by atomic mass is 9.86. The minimum Gasteiger partial charge on any atom is -0.454 e. The third kappa shape index (κ3) is 4.95. The minimum absolute atomic E-state index is 0.0160. The Morgan fingerprint density at radius 3 is 2.28 bits per heavy atom. The van der Waals surface area contributed by atoms with Gasteiger partial charge in [0.05, 0.1) is 12.1 Å². The number of H-pyrrole nitrogens is 1. The Morgan fingerprint density at radius 2 is 1.61 bits per heavy atom. The first kappa shape index (κ1) is 23.9. The van der Waals surface area contributed by atoms with Crippen molar-refractivity contribution in [2.75, 3.05) is 6.79 Å². The molecule has 0 aliphatic carbocycles. The van der Waals surface area contributed by atoms with Gasteiger partial charge in [-0.15, -0.1) is 0 Å². The molecule has 6 nitrogen and oxygen atoms in total. The Bertz CT molecular complexity index is 1490. The molecule has 0 unspecified atom stereocenters. The Balaban J connectivity index is 1.49. The highest BCUT2D eigenvalue weighted by molar-refractivity contribution is 6.30. The second-order valence-corrected chi connectivity index (χ2v) is 10.5. The summed E-state index contributed by atoms with van der Waals surface area (Å²) in [5, 5.41) is 1.43. The number of aromatic amines is 1. The van der Waals surface area contributed by atoms with Gasteiger partial charge in [-0.05, 0) is 52.9 Å². The molecule has 1 aliphatic heterocycles. The maximum absolute atomic E-state index is 13.7. The van der Waals surface area contributed by atoms with Gasteiger partial charge in [0.15, 0.2) is 11.5 Å². The van der Waals surface area contributed by atoms with Crippen LogP contribution in [0.2, 0.25) is 5.02 Å². The van der Waals surface area contributed by atoms with Crippen LogP contribution >= 0.6 is 11.6 Å². The molecule has 0 atom stereocenters. The van der Waals surface area contributed by atoms with Crippen LogP contribution in [-0.4, -0.2) is 22.6 Å². The molecule has 0 spiro atoms. The van der Waals surface area contributed by atoms with Crippen LogP contribution in [0.1, 0.15) is 47.8 Å². The van der Waals surface area contributed by atoms with Gasteiger partial charge in [-0.25, -0.2) is 0 Å². The Labute approximate surface area is 214 Å². The molecule has 2 heterocycles. The molecular formula is C29H27ClN2O4. The van der Waals surface area contributed by atoms with Crippen LogP contribution in [0.5, 0.6) is 11.5 Å². The van der Waals surface area contributed by atoms with E-state index in [4.69, 9.17) is 21.1 Å². The lowest BCUT2D eigenvalue weighted by Crippen LogP contribution is -2.32. The summed E-state index contributed by atoms with van der Waals surface area (Å²) in [6.45, 7) is 7.03. The molecule has 5 rings (SSSR count). The maximum atomic E-state index is 13.7. The van der Waals surface area contributed by atoms with E-state index in [2.05, 4.69) is 25.8 Å². The average Bonchev–Trinajstić information content (AvgIpc) is 3.30. The summed E-state index contributed by atoms with van der Waals surface area (Å²) < 4.78 is 10.9. The third-order valence-electron chi connectivity index (χ3n) is 6.35. The van der Waals surface area contributed by atoms with E-state index in [0.717, 1.165) is 16.5 Å². The molecule has 0 saturated heterocycles. The van der Waals surface area contributed by atoms with Crippen LogP contribution in [0.4, 0.5) is 0 Å². The number of fused-ring (bicyclic) bond motifs is 2. The van der Waals surface area contributed by atoms with Crippen molar-refractivity contribution in [1.29, 1.82) is 0 Å². The van der Waals surface area contributed by atoms with E-state index in [1.807, 2.05) is 42.5 Å². The van der Waals surface area contributed by atoms with Gasteiger partial charge in [-0.1, -0.05) is 56.6 Å². The summed E-state index contributed by atoms with van der Waals surface area (Å²) in [4.78, 5) is 31.3. The van der Waals surface area contributed by atoms with E-state index in [1.165, 1.54) is 0 Å². The number of aromatic nitrogens is 1. The molecule has 0 saturated carbocycles. The van der Waals surface area contributed by atoms with Gasteiger partial charge in [0, 0.05) is 34.1 Å². The number of carbonyl (C=O) groups excluding carboxylic acids is 1. The fraction of sp³-hybridized carbons (Fsp3) is 0.241. The molecule has 1 aromatic heterocycles. The first-order valence-corrected chi connectivity index (χ1v) is 12.1. The molecule has 7 heteroatoms. The SMILES string of the molecule is CC(C)(C)c1ccc(C(=O)N(Cc2ccc(Cl)cc2)Cc2cc3cc4c(cc3[nH]c2=O)OCO4)cc1. The van der Waals surface area contributed by atoms with Crippen LogP contribution in [-0.2, 0) is 18.5 Å². The van der Waals surface area contributed by atoms with Crippen LogP contribution < -0.4 is 15.0 Å². The van der Waals surface area contributed by atoms with Gasteiger partial charge in [0.2, 0.25) is 6.79 Å². The second-order valence-electron chi connectivity index (χ2n) is 10.0. The van der Waals surface area contributed by atoms with Crippen molar-refractivity contribution in [1.82, 2.24) is 9.88 Å². The van der Waals surface area contributed by atoms with Crippen molar-refractivity contribution in [3.63, 3.8) is 0 Å². The van der Waals surface area contributed by atoms with Gasteiger partial charge < -0.3 is 19.4 Å². The Morgan fingerprint density at radius 1 is 0.944 bits per heavy atom. The van der Waals surface area contributed by atoms with E-state index < -0.39 is 0 Å². The molecular weight excluding hydrogens is 476 g/mol. The molecule has 0 fully saturated rings. The highest BCUT2D eigenvalue weighted by Crippen LogP contribution is 2.35. The highest BCUT2D eigenvalue weighted by atomic mass is 35.5. The van der Waals surface area contributed by atoms with Crippen LogP contribution in [0.3, 0.4) is 0 Å². The summed E-state index contributed by atoms with van der Waals surface area (Å²) in [6, 6.07) is 20.4. The summed E-state index contributed by atoms with van der Waals surface area (Å²) in [6.07, 6.45) is 0. The smallest absolute Gasteiger partial charge is 0.254 e. The Kier molecular flexibility index (Phi) is 6.22. The standard InChI is InChI=1S/C29H27ClN2O4/c1-29(2,3)22-8-6-19(7-9-22)28(34)32(15-18-4-10-23(30)11-5-18)16-21-12-20-13-25-26(36-17-35-25)14-24(20)31-27(21)33/h4-14H,15-17H2,1-3H3,(H,31,33). The van der Waals surface area contributed by atoms with Crippen LogP contribution in [0.25, 0.3) is 10.9 Å². The van der Waals surface area contributed by atoms with E-state index in [-0.39, 0.29) is 30.2 Å². The topological polar surface area (TPSA) is 71.6 Å². The molecule has 1 amide bonds. The number of amides is 1. The summed E-state index contributed by atoms with van der Waals surface area (Å²) >= 11 is 6.06. The van der Waals surface area contributed by atoms with E-state index >= 15 is 0 Å². The summed E-state index contributed by atoms with van der Waals surface area (Å²) in [7, 11) is 0. The van der Waals surface area contributed by atoms with Gasteiger partial charge in [0.1, 0.15) is 0 Å². The van der Waals surface area contributed by atoms with Crippen molar-refractivity contribution in [3.05, 3.63) is 104 Å². The number of nitrogens with zero attached hydrogens (tertiary/aromatic N) is 1. The number of nitrogens with one attached hydrogen (secondary N) is 1. The number of halogens is 1. The largest absolute Gasteiger partial charge is 0.454 e. The molecule has 1 aliphatic rings. The van der Waals surface area contributed by atoms with E-state index in [1.54, 1.807) is 29.2 Å². The molecule has 0 radical (unpaired) electrons. The zero-order valence-corrected chi connectivity index (χ0v) is 21.2. The van der Waals surface area contributed by atoms with Crippen LogP contribution in [0, 0.1) is 0 Å².